The van der Waals surface area contributed by atoms with Crippen molar-refractivity contribution in [1.29, 1.82) is 5.26 Å². The van der Waals surface area contributed by atoms with Crippen LogP contribution in [0.3, 0.4) is 0 Å². The smallest absolute Gasteiger partial charge is 0.161 e. The van der Waals surface area contributed by atoms with Gasteiger partial charge in [0.2, 0.25) is 0 Å². The molecule has 0 aliphatic heterocycles. The molecule has 0 amide bonds. The molecule has 132 valence electrons. The zero-order chi connectivity index (χ0) is 18.8. The summed E-state index contributed by atoms with van der Waals surface area (Å²) in [5.41, 5.74) is 2.18. The first-order valence-electron chi connectivity index (χ1n) is 8.09. The van der Waals surface area contributed by atoms with Crippen LogP contribution in [0.15, 0.2) is 67.8 Å². The summed E-state index contributed by atoms with van der Waals surface area (Å²) in [6, 6.07) is 15.1. The van der Waals surface area contributed by atoms with Crippen LogP contribution in [-0.2, 0) is 0 Å². The third kappa shape index (κ3) is 5.02. The van der Waals surface area contributed by atoms with Gasteiger partial charge in [0.1, 0.15) is 19.0 Å². The van der Waals surface area contributed by atoms with E-state index in [0.29, 0.717) is 30.3 Å². The Labute approximate surface area is 154 Å². The highest BCUT2D eigenvalue weighted by molar-refractivity contribution is 5.90. The van der Waals surface area contributed by atoms with E-state index >= 15 is 0 Å². The highest BCUT2D eigenvalue weighted by Crippen LogP contribution is 2.31. The van der Waals surface area contributed by atoms with Crippen LogP contribution in [0, 0.1) is 11.3 Å². The Morgan fingerprint density at radius 3 is 2.31 bits per heavy atom. The van der Waals surface area contributed by atoms with Crippen molar-refractivity contribution in [2.75, 3.05) is 20.3 Å². The molecular weight excluding hydrogens is 326 g/mol. The Balaban J connectivity index is 2.26. The number of ether oxygens (including phenoxy) is 3. The monoisotopic (exact) mass is 347 g/mol. The lowest BCUT2D eigenvalue weighted by Crippen LogP contribution is -1.97. The number of methoxy groups -OCH3 is 1. The van der Waals surface area contributed by atoms with Crippen LogP contribution >= 0.6 is 0 Å². The van der Waals surface area contributed by atoms with Gasteiger partial charge in [-0.15, -0.1) is 0 Å². The minimum absolute atomic E-state index is 0.386. The molecule has 0 fully saturated rings. The van der Waals surface area contributed by atoms with Gasteiger partial charge in [0.05, 0.1) is 18.8 Å². The average molecular weight is 347 g/mol. The second-order valence-electron chi connectivity index (χ2n) is 5.30. The van der Waals surface area contributed by atoms with Gasteiger partial charge in [-0.05, 0) is 47.5 Å². The van der Waals surface area contributed by atoms with E-state index in [1.807, 2.05) is 36.4 Å². The van der Waals surface area contributed by atoms with Crippen molar-refractivity contribution in [3.63, 3.8) is 0 Å². The summed E-state index contributed by atoms with van der Waals surface area (Å²) < 4.78 is 16.4. The van der Waals surface area contributed by atoms with Crippen LogP contribution in [-0.4, -0.2) is 20.3 Å². The third-order valence-electron chi connectivity index (χ3n) is 3.51. The second-order valence-corrected chi connectivity index (χ2v) is 5.30. The number of benzene rings is 2. The molecule has 0 saturated heterocycles. The highest BCUT2D eigenvalue weighted by atomic mass is 16.5. The quantitative estimate of drug-likeness (QED) is 0.368. The molecule has 0 aromatic heterocycles. The van der Waals surface area contributed by atoms with Gasteiger partial charge >= 0.3 is 0 Å². The number of hydrogen-bond donors (Lipinski definition) is 0. The highest BCUT2D eigenvalue weighted by Gasteiger charge is 2.09. The minimum atomic E-state index is 0.386. The predicted molar refractivity (Wildman–Crippen MR) is 104 cm³/mol. The molecule has 0 unspecified atom stereocenters. The molecule has 4 nitrogen and oxygen atoms in total. The predicted octanol–water partition coefficient (Wildman–Crippen LogP) is 4.89. The minimum Gasteiger partial charge on any atom is -0.493 e. The summed E-state index contributed by atoms with van der Waals surface area (Å²) in [4.78, 5) is 0. The molecule has 2 aromatic rings. The summed E-state index contributed by atoms with van der Waals surface area (Å²) >= 11 is 0. The van der Waals surface area contributed by atoms with Gasteiger partial charge in [-0.2, -0.15) is 5.26 Å². The maximum absolute atomic E-state index is 9.55. The van der Waals surface area contributed by atoms with E-state index < -0.39 is 0 Å². The van der Waals surface area contributed by atoms with Crippen molar-refractivity contribution in [2.45, 2.75) is 0 Å². The maximum Gasteiger partial charge on any atom is 0.161 e. The molecule has 26 heavy (non-hydrogen) atoms. The largest absolute Gasteiger partial charge is 0.493 e. The van der Waals surface area contributed by atoms with Crippen LogP contribution in [0.5, 0.6) is 17.2 Å². The first kappa shape index (κ1) is 18.9. The Bertz CT molecular complexity index is 829. The third-order valence-corrected chi connectivity index (χ3v) is 3.51. The fourth-order valence-electron chi connectivity index (χ4n) is 2.27. The summed E-state index contributed by atoms with van der Waals surface area (Å²) in [6.45, 7) is 8.09. The van der Waals surface area contributed by atoms with Crippen molar-refractivity contribution in [3.8, 4) is 23.3 Å². The zero-order valence-corrected chi connectivity index (χ0v) is 14.8. The molecule has 2 rings (SSSR count). The SMILES string of the molecule is C=CCOc1ccc(C=C(C#N)c2ccc(OCC=C)c(OC)c2)cc1. The fourth-order valence-corrected chi connectivity index (χ4v) is 2.27. The molecule has 4 heteroatoms. The number of nitrogens with zero attached hydrogens (tertiary/aromatic N) is 1. The zero-order valence-electron chi connectivity index (χ0n) is 14.8. The van der Waals surface area contributed by atoms with Crippen LogP contribution in [0.25, 0.3) is 11.6 Å². The molecule has 0 N–H and O–H groups in total. The summed E-state index contributed by atoms with van der Waals surface area (Å²) in [7, 11) is 1.57. The van der Waals surface area contributed by atoms with E-state index in [4.69, 9.17) is 14.2 Å². The van der Waals surface area contributed by atoms with E-state index in [2.05, 4.69) is 19.2 Å². The molecule has 0 spiro atoms. The Morgan fingerprint density at radius 2 is 1.69 bits per heavy atom. The molecule has 2 aromatic carbocycles. The van der Waals surface area contributed by atoms with Crippen molar-refractivity contribution in [2.24, 2.45) is 0 Å². The van der Waals surface area contributed by atoms with Crippen LogP contribution < -0.4 is 14.2 Å². The van der Waals surface area contributed by atoms with Crippen molar-refractivity contribution >= 4 is 11.6 Å². The van der Waals surface area contributed by atoms with E-state index in [9.17, 15) is 5.26 Å². The molecular formula is C22H21NO3. The van der Waals surface area contributed by atoms with E-state index in [0.717, 1.165) is 16.9 Å². The number of nitriles is 1. The first-order chi connectivity index (χ1) is 12.7. The summed E-state index contributed by atoms with van der Waals surface area (Å²) in [5.74, 6) is 1.93. The van der Waals surface area contributed by atoms with Crippen molar-refractivity contribution in [1.82, 2.24) is 0 Å². The molecule has 0 aliphatic carbocycles. The van der Waals surface area contributed by atoms with E-state index in [-0.39, 0.29) is 0 Å². The number of rotatable bonds is 9. The Morgan fingerprint density at radius 1 is 1.00 bits per heavy atom. The van der Waals surface area contributed by atoms with Gasteiger partial charge in [0.15, 0.2) is 11.5 Å². The van der Waals surface area contributed by atoms with Crippen LogP contribution in [0.2, 0.25) is 0 Å². The van der Waals surface area contributed by atoms with E-state index in [1.54, 1.807) is 31.4 Å². The lowest BCUT2D eigenvalue weighted by molar-refractivity contribution is 0.326. The molecule has 0 bridgehead atoms. The van der Waals surface area contributed by atoms with Gasteiger partial charge in [0.25, 0.3) is 0 Å². The van der Waals surface area contributed by atoms with Crippen LogP contribution in [0.4, 0.5) is 0 Å². The lowest BCUT2D eigenvalue weighted by atomic mass is 10.0. The molecule has 0 atom stereocenters. The van der Waals surface area contributed by atoms with Gasteiger partial charge < -0.3 is 14.2 Å². The number of hydrogen-bond acceptors (Lipinski definition) is 4. The standard InChI is InChI=1S/C22H21NO3/c1-4-12-25-20-9-6-17(7-10-20)14-19(16-23)18-8-11-21(26-13-5-2)22(15-18)24-3/h4-11,14-15H,1-2,12-13H2,3H3. The molecule has 0 aliphatic rings. The first-order valence-corrected chi connectivity index (χ1v) is 8.09. The van der Waals surface area contributed by atoms with Gasteiger partial charge in [0, 0.05) is 0 Å². The lowest BCUT2D eigenvalue weighted by Gasteiger charge is -2.11. The molecule has 0 heterocycles. The molecule has 0 saturated carbocycles. The normalized spacial score (nSPS) is 10.5. The van der Waals surface area contributed by atoms with Crippen LogP contribution in [0.1, 0.15) is 11.1 Å². The van der Waals surface area contributed by atoms with Gasteiger partial charge in [-0.1, -0.05) is 37.4 Å². The summed E-state index contributed by atoms with van der Waals surface area (Å²) in [6.07, 6.45) is 5.17. The van der Waals surface area contributed by atoms with Gasteiger partial charge in [-0.25, -0.2) is 0 Å². The van der Waals surface area contributed by atoms with Gasteiger partial charge in [-0.3, -0.25) is 0 Å². The Kier molecular flexibility index (Phi) is 7.08. The topological polar surface area (TPSA) is 51.5 Å². The number of allylic oxidation sites excluding steroid dienone is 1. The fraction of sp³-hybridized carbons (Fsp3) is 0.136. The van der Waals surface area contributed by atoms with Crippen molar-refractivity contribution in [3.05, 3.63) is 78.9 Å². The van der Waals surface area contributed by atoms with E-state index in [1.165, 1.54) is 0 Å². The average Bonchev–Trinajstić information content (AvgIpc) is 2.69. The van der Waals surface area contributed by atoms with Crippen molar-refractivity contribution < 1.29 is 14.2 Å². The Hall–Kier alpha value is -3.45. The maximum atomic E-state index is 9.55. The summed E-state index contributed by atoms with van der Waals surface area (Å²) in [5, 5.41) is 9.55. The second kappa shape index (κ2) is 9.75. The molecule has 0 radical (unpaired) electrons.